The standard InChI is InChI=1S/C12H20N6O2/c1-8-5-4-6-17(7-8)11-9(18(19)20)10(13)14-12(15-11)16(2)3/h8H,4-7H2,1-3H3,(H2,13,14,15)/t8-/m0/s1. The maximum Gasteiger partial charge on any atom is 0.353 e. The molecule has 0 aromatic carbocycles. The molecule has 0 saturated carbocycles. The second-order valence-corrected chi connectivity index (χ2v) is 5.43. The van der Waals surface area contributed by atoms with Crippen LogP contribution in [0.1, 0.15) is 19.8 Å². The van der Waals surface area contributed by atoms with Crippen LogP contribution in [-0.4, -0.2) is 42.1 Å². The first kappa shape index (κ1) is 14.3. The van der Waals surface area contributed by atoms with Gasteiger partial charge in [0.15, 0.2) is 0 Å². The maximum atomic E-state index is 11.3. The number of piperidine rings is 1. The molecular weight excluding hydrogens is 260 g/mol. The SMILES string of the molecule is C[C@H]1CCCN(c2nc(N(C)C)nc(N)c2[N+](=O)[O-])C1. The van der Waals surface area contributed by atoms with E-state index in [0.29, 0.717) is 17.7 Å². The van der Waals surface area contributed by atoms with Crippen LogP contribution in [-0.2, 0) is 0 Å². The zero-order chi connectivity index (χ0) is 14.9. The van der Waals surface area contributed by atoms with E-state index in [0.717, 1.165) is 25.9 Å². The Morgan fingerprint density at radius 2 is 2.15 bits per heavy atom. The summed E-state index contributed by atoms with van der Waals surface area (Å²) in [5.74, 6) is 1.13. The van der Waals surface area contributed by atoms with Crippen LogP contribution in [0.4, 0.5) is 23.3 Å². The first-order valence-electron chi connectivity index (χ1n) is 6.64. The molecule has 8 heteroatoms. The number of nitro groups is 1. The van der Waals surface area contributed by atoms with Gasteiger partial charge in [-0.3, -0.25) is 10.1 Å². The molecule has 110 valence electrons. The van der Waals surface area contributed by atoms with Crippen molar-refractivity contribution in [1.82, 2.24) is 9.97 Å². The van der Waals surface area contributed by atoms with Gasteiger partial charge in [0.1, 0.15) is 0 Å². The van der Waals surface area contributed by atoms with E-state index in [1.165, 1.54) is 0 Å². The fraction of sp³-hybridized carbons (Fsp3) is 0.667. The van der Waals surface area contributed by atoms with Crippen molar-refractivity contribution in [3.63, 3.8) is 0 Å². The summed E-state index contributed by atoms with van der Waals surface area (Å²) in [4.78, 5) is 22.7. The highest BCUT2D eigenvalue weighted by atomic mass is 16.6. The van der Waals surface area contributed by atoms with Crippen molar-refractivity contribution in [1.29, 1.82) is 0 Å². The molecule has 0 aliphatic carbocycles. The number of hydrogen-bond donors (Lipinski definition) is 1. The Morgan fingerprint density at radius 1 is 1.45 bits per heavy atom. The van der Waals surface area contributed by atoms with Crippen molar-refractivity contribution >= 4 is 23.3 Å². The summed E-state index contributed by atoms with van der Waals surface area (Å²) in [7, 11) is 3.56. The van der Waals surface area contributed by atoms with E-state index in [-0.39, 0.29) is 11.5 Å². The summed E-state index contributed by atoms with van der Waals surface area (Å²) in [6.07, 6.45) is 2.13. The molecule has 1 aromatic heterocycles. The van der Waals surface area contributed by atoms with Crippen molar-refractivity contribution in [3.8, 4) is 0 Å². The largest absolute Gasteiger partial charge is 0.378 e. The molecule has 0 amide bonds. The summed E-state index contributed by atoms with van der Waals surface area (Å²) in [5, 5.41) is 11.3. The monoisotopic (exact) mass is 280 g/mol. The highest BCUT2D eigenvalue weighted by Gasteiger charge is 2.29. The highest BCUT2D eigenvalue weighted by molar-refractivity contribution is 5.71. The number of nitrogens with zero attached hydrogens (tertiary/aromatic N) is 5. The third-order valence-electron chi connectivity index (χ3n) is 3.42. The van der Waals surface area contributed by atoms with Crippen LogP contribution in [0.3, 0.4) is 0 Å². The van der Waals surface area contributed by atoms with Gasteiger partial charge in [-0.2, -0.15) is 9.97 Å². The van der Waals surface area contributed by atoms with Crippen molar-refractivity contribution in [3.05, 3.63) is 10.1 Å². The average molecular weight is 280 g/mol. The zero-order valence-corrected chi connectivity index (χ0v) is 12.0. The molecule has 2 N–H and O–H groups in total. The number of rotatable bonds is 3. The lowest BCUT2D eigenvalue weighted by Crippen LogP contribution is -2.35. The molecule has 1 atom stereocenters. The minimum Gasteiger partial charge on any atom is -0.378 e. The molecule has 20 heavy (non-hydrogen) atoms. The Kier molecular flexibility index (Phi) is 3.91. The molecular formula is C12H20N6O2. The summed E-state index contributed by atoms with van der Waals surface area (Å²) >= 11 is 0. The molecule has 2 heterocycles. The van der Waals surface area contributed by atoms with Gasteiger partial charge in [-0.15, -0.1) is 0 Å². The first-order chi connectivity index (χ1) is 9.40. The quantitative estimate of drug-likeness (QED) is 0.657. The van der Waals surface area contributed by atoms with Crippen molar-refractivity contribution in [2.24, 2.45) is 5.92 Å². The Balaban J connectivity index is 2.49. The predicted octanol–water partition coefficient (Wildman–Crippen LogP) is 1.27. The second kappa shape index (κ2) is 5.48. The lowest BCUT2D eigenvalue weighted by atomic mass is 10.0. The minimum absolute atomic E-state index is 0.0815. The van der Waals surface area contributed by atoms with E-state index in [1.807, 2.05) is 4.90 Å². The van der Waals surface area contributed by atoms with Crippen molar-refractivity contribution < 1.29 is 4.92 Å². The average Bonchev–Trinajstić information content (AvgIpc) is 2.37. The zero-order valence-electron chi connectivity index (χ0n) is 12.0. The predicted molar refractivity (Wildman–Crippen MR) is 78.0 cm³/mol. The van der Waals surface area contributed by atoms with Gasteiger partial charge in [-0.05, 0) is 18.8 Å². The number of nitrogen functional groups attached to an aromatic ring is 1. The normalized spacial score (nSPS) is 18.9. The molecule has 1 saturated heterocycles. The van der Waals surface area contributed by atoms with E-state index >= 15 is 0 Å². The molecule has 0 unspecified atom stereocenters. The van der Waals surface area contributed by atoms with Crippen LogP contribution in [0.5, 0.6) is 0 Å². The molecule has 0 bridgehead atoms. The number of nitrogens with two attached hydrogens (primary N) is 1. The molecule has 2 rings (SSSR count). The van der Waals surface area contributed by atoms with E-state index in [4.69, 9.17) is 5.73 Å². The van der Waals surface area contributed by atoms with Gasteiger partial charge < -0.3 is 15.5 Å². The maximum absolute atomic E-state index is 11.3. The Bertz CT molecular complexity index is 519. The fourth-order valence-corrected chi connectivity index (χ4v) is 2.43. The first-order valence-corrected chi connectivity index (χ1v) is 6.64. The van der Waals surface area contributed by atoms with E-state index in [1.54, 1.807) is 19.0 Å². The molecule has 1 aliphatic rings. The van der Waals surface area contributed by atoms with Gasteiger partial charge in [0.05, 0.1) is 4.92 Å². The highest BCUT2D eigenvalue weighted by Crippen LogP contribution is 2.34. The van der Waals surface area contributed by atoms with Crippen LogP contribution < -0.4 is 15.5 Å². The van der Waals surface area contributed by atoms with Crippen LogP contribution in [0, 0.1) is 16.0 Å². The van der Waals surface area contributed by atoms with E-state index < -0.39 is 4.92 Å². The fourth-order valence-electron chi connectivity index (χ4n) is 2.43. The lowest BCUT2D eigenvalue weighted by molar-refractivity contribution is -0.383. The lowest BCUT2D eigenvalue weighted by Gasteiger charge is -2.31. The molecule has 0 radical (unpaired) electrons. The van der Waals surface area contributed by atoms with Gasteiger partial charge in [-0.25, -0.2) is 0 Å². The molecule has 1 fully saturated rings. The van der Waals surface area contributed by atoms with E-state index in [9.17, 15) is 10.1 Å². The van der Waals surface area contributed by atoms with Gasteiger partial charge in [-0.1, -0.05) is 6.92 Å². The molecule has 0 spiro atoms. The van der Waals surface area contributed by atoms with Gasteiger partial charge in [0.2, 0.25) is 17.6 Å². The van der Waals surface area contributed by atoms with Crippen LogP contribution in [0.15, 0.2) is 0 Å². The molecule has 8 nitrogen and oxygen atoms in total. The number of anilines is 3. The van der Waals surface area contributed by atoms with Gasteiger partial charge in [0, 0.05) is 27.2 Å². The summed E-state index contributed by atoms with van der Waals surface area (Å²) < 4.78 is 0. The van der Waals surface area contributed by atoms with Gasteiger partial charge >= 0.3 is 5.69 Å². The van der Waals surface area contributed by atoms with Crippen LogP contribution in [0.25, 0.3) is 0 Å². The van der Waals surface area contributed by atoms with Gasteiger partial charge in [0.25, 0.3) is 0 Å². The number of hydrogen-bond acceptors (Lipinski definition) is 7. The summed E-state index contributed by atoms with van der Waals surface area (Å²) in [6.45, 7) is 3.65. The third kappa shape index (κ3) is 2.73. The summed E-state index contributed by atoms with van der Waals surface area (Å²) in [6, 6.07) is 0. The number of aromatic nitrogens is 2. The van der Waals surface area contributed by atoms with Crippen molar-refractivity contribution in [2.45, 2.75) is 19.8 Å². The van der Waals surface area contributed by atoms with E-state index in [2.05, 4.69) is 16.9 Å². The Morgan fingerprint density at radius 3 is 2.70 bits per heavy atom. The van der Waals surface area contributed by atoms with Crippen LogP contribution in [0.2, 0.25) is 0 Å². The third-order valence-corrected chi connectivity index (χ3v) is 3.42. The molecule has 1 aliphatic heterocycles. The minimum atomic E-state index is -0.497. The Hall–Kier alpha value is -2.12. The Labute approximate surface area is 117 Å². The summed E-state index contributed by atoms with van der Waals surface area (Å²) in [5.41, 5.74) is 5.57. The molecule has 1 aromatic rings. The van der Waals surface area contributed by atoms with Crippen LogP contribution >= 0.6 is 0 Å². The second-order valence-electron chi connectivity index (χ2n) is 5.43. The van der Waals surface area contributed by atoms with Crippen molar-refractivity contribution in [2.75, 3.05) is 42.7 Å². The smallest absolute Gasteiger partial charge is 0.353 e. The topological polar surface area (TPSA) is 101 Å².